The SMILES string of the molecule is O=C(c1cccs1)[C@@H]1[C@H](C(=O)c2ccc(Br)cc2)[C@@]2(C(=O)Nc3ccccc32)[C@H]2C=Cc3ccccc3N12. The molecule has 0 radical (unpaired) electrons. The van der Waals surface area contributed by atoms with Crippen LogP contribution in [0.4, 0.5) is 11.4 Å². The quantitative estimate of drug-likeness (QED) is 0.285. The standard InChI is InChI=1S/C31H21BrN2O3S/c32-20-14-11-19(12-15-20)28(35)26-27(29(36)24-10-5-17-38-24)34-23-9-4-1-6-18(23)13-16-25(34)31(26)21-7-2-3-8-22(21)33-30(31)37/h1-17,25-27H,(H,33,37)/t25-,26-,27+,31+/m1/s1. The number of fused-ring (bicyclic) bond motifs is 6. The van der Waals surface area contributed by atoms with Gasteiger partial charge in [-0.2, -0.15) is 0 Å². The number of nitrogens with zero attached hydrogens (tertiary/aromatic N) is 1. The van der Waals surface area contributed by atoms with Crippen LogP contribution >= 0.6 is 27.3 Å². The molecule has 38 heavy (non-hydrogen) atoms. The van der Waals surface area contributed by atoms with Gasteiger partial charge in [-0.05, 0) is 46.8 Å². The number of benzene rings is 3. The number of amides is 1. The maximum Gasteiger partial charge on any atom is 0.238 e. The predicted octanol–water partition coefficient (Wildman–Crippen LogP) is 6.37. The summed E-state index contributed by atoms with van der Waals surface area (Å²) in [7, 11) is 0. The smallest absolute Gasteiger partial charge is 0.238 e. The minimum Gasteiger partial charge on any atom is -0.352 e. The first kappa shape index (κ1) is 23.3. The van der Waals surface area contributed by atoms with Crippen molar-refractivity contribution in [1.82, 2.24) is 0 Å². The molecule has 3 aromatic carbocycles. The van der Waals surface area contributed by atoms with E-state index in [2.05, 4.69) is 21.2 Å². The van der Waals surface area contributed by atoms with Crippen molar-refractivity contribution in [3.8, 4) is 0 Å². The Bertz CT molecular complexity index is 1650. The molecule has 1 N–H and O–H groups in total. The molecular weight excluding hydrogens is 560 g/mol. The predicted molar refractivity (Wildman–Crippen MR) is 153 cm³/mol. The fourth-order valence-corrected chi connectivity index (χ4v) is 7.44. The summed E-state index contributed by atoms with van der Waals surface area (Å²) in [5.74, 6) is -1.59. The molecule has 1 aromatic heterocycles. The van der Waals surface area contributed by atoms with E-state index in [1.54, 1.807) is 18.2 Å². The molecular formula is C31H21BrN2O3S. The maximum absolute atomic E-state index is 14.6. The molecule has 1 fully saturated rings. The molecule has 7 heteroatoms. The van der Waals surface area contributed by atoms with Crippen molar-refractivity contribution < 1.29 is 14.4 Å². The van der Waals surface area contributed by atoms with Crippen LogP contribution in [-0.2, 0) is 10.2 Å². The average Bonchev–Trinajstić information content (AvgIpc) is 3.65. The van der Waals surface area contributed by atoms with Gasteiger partial charge in [0.1, 0.15) is 11.5 Å². The third-order valence-electron chi connectivity index (χ3n) is 7.99. The number of thiophene rings is 1. The number of hydrogen-bond donors (Lipinski definition) is 1. The summed E-state index contributed by atoms with van der Waals surface area (Å²) >= 11 is 4.81. The third kappa shape index (κ3) is 3.12. The fourth-order valence-electron chi connectivity index (χ4n) is 6.48. The summed E-state index contributed by atoms with van der Waals surface area (Å²) in [5.41, 5.74) is 2.41. The number of Topliss-reactive ketones (excluding diaryl/α,β-unsaturated/α-hetero) is 2. The van der Waals surface area contributed by atoms with Gasteiger partial charge in [0.05, 0.1) is 16.8 Å². The Morgan fingerprint density at radius 2 is 1.66 bits per heavy atom. The molecule has 0 bridgehead atoms. The van der Waals surface area contributed by atoms with E-state index in [0.717, 1.165) is 21.3 Å². The molecule has 0 saturated carbocycles. The maximum atomic E-state index is 14.6. The Morgan fingerprint density at radius 1 is 0.895 bits per heavy atom. The van der Waals surface area contributed by atoms with Crippen LogP contribution in [0.15, 0.2) is 101 Å². The van der Waals surface area contributed by atoms with Gasteiger partial charge in [-0.3, -0.25) is 14.4 Å². The summed E-state index contributed by atoms with van der Waals surface area (Å²) in [6.07, 6.45) is 4.00. The lowest BCUT2D eigenvalue weighted by atomic mass is 9.64. The Morgan fingerprint density at radius 3 is 2.45 bits per heavy atom. The van der Waals surface area contributed by atoms with Crippen LogP contribution in [0.3, 0.4) is 0 Å². The highest BCUT2D eigenvalue weighted by molar-refractivity contribution is 9.10. The summed E-state index contributed by atoms with van der Waals surface area (Å²) < 4.78 is 0.847. The largest absolute Gasteiger partial charge is 0.352 e. The lowest BCUT2D eigenvalue weighted by Crippen LogP contribution is -2.51. The molecule has 0 aliphatic carbocycles. The van der Waals surface area contributed by atoms with Gasteiger partial charge < -0.3 is 10.2 Å². The molecule has 186 valence electrons. The van der Waals surface area contributed by atoms with Gasteiger partial charge in [-0.25, -0.2) is 0 Å². The molecule has 4 aromatic rings. The van der Waals surface area contributed by atoms with Crippen molar-refractivity contribution in [1.29, 1.82) is 0 Å². The van der Waals surface area contributed by atoms with Gasteiger partial charge in [0.15, 0.2) is 11.6 Å². The van der Waals surface area contributed by atoms with Gasteiger partial charge in [0, 0.05) is 21.4 Å². The first-order chi connectivity index (χ1) is 18.5. The zero-order chi connectivity index (χ0) is 26.0. The number of carbonyl (C=O) groups is 3. The van der Waals surface area contributed by atoms with Crippen molar-refractivity contribution >= 4 is 62.2 Å². The normalized spacial score (nSPS) is 24.6. The van der Waals surface area contributed by atoms with Crippen LogP contribution in [0.5, 0.6) is 0 Å². The second-order valence-electron chi connectivity index (χ2n) is 9.77. The second-order valence-corrected chi connectivity index (χ2v) is 11.6. The van der Waals surface area contributed by atoms with E-state index in [1.165, 1.54) is 11.3 Å². The molecule has 3 aliphatic heterocycles. The minimum absolute atomic E-state index is 0.153. The Balaban J connectivity index is 1.54. The van der Waals surface area contributed by atoms with Crippen LogP contribution in [0.1, 0.15) is 31.2 Å². The monoisotopic (exact) mass is 580 g/mol. The van der Waals surface area contributed by atoms with E-state index in [9.17, 15) is 14.4 Å². The molecule has 5 nitrogen and oxygen atoms in total. The van der Waals surface area contributed by atoms with Gasteiger partial charge in [0.25, 0.3) is 0 Å². The Labute approximate surface area is 231 Å². The summed E-state index contributed by atoms with van der Waals surface area (Å²) in [5, 5.41) is 4.92. The van der Waals surface area contributed by atoms with E-state index in [1.807, 2.05) is 89.2 Å². The van der Waals surface area contributed by atoms with Crippen molar-refractivity contribution in [2.24, 2.45) is 5.92 Å². The van der Waals surface area contributed by atoms with Gasteiger partial charge in [-0.15, -0.1) is 11.3 Å². The van der Waals surface area contributed by atoms with Gasteiger partial charge in [-0.1, -0.05) is 82.7 Å². The Hall–Kier alpha value is -3.81. The zero-order valence-electron chi connectivity index (χ0n) is 20.0. The van der Waals surface area contributed by atoms with E-state index < -0.39 is 23.4 Å². The molecule has 3 aliphatic rings. The minimum atomic E-state index is -1.29. The number of nitrogens with one attached hydrogen (secondary N) is 1. The number of halogens is 1. The van der Waals surface area contributed by atoms with E-state index in [4.69, 9.17) is 0 Å². The van der Waals surface area contributed by atoms with E-state index in [0.29, 0.717) is 16.1 Å². The van der Waals surface area contributed by atoms with Crippen LogP contribution < -0.4 is 10.2 Å². The Kier molecular flexibility index (Phi) is 5.29. The van der Waals surface area contributed by atoms with Crippen molar-refractivity contribution in [3.05, 3.63) is 122 Å². The van der Waals surface area contributed by atoms with Crippen LogP contribution in [0, 0.1) is 5.92 Å². The highest BCUT2D eigenvalue weighted by atomic mass is 79.9. The summed E-state index contributed by atoms with van der Waals surface area (Å²) in [4.78, 5) is 45.8. The molecule has 1 amide bonds. The number of carbonyl (C=O) groups excluding carboxylic acids is 3. The summed E-state index contributed by atoms with van der Waals surface area (Å²) in [6, 6.07) is 24.8. The zero-order valence-corrected chi connectivity index (χ0v) is 22.4. The van der Waals surface area contributed by atoms with Crippen LogP contribution in [-0.4, -0.2) is 29.6 Å². The molecule has 1 saturated heterocycles. The fraction of sp³-hybridized carbons (Fsp3) is 0.129. The highest BCUT2D eigenvalue weighted by Crippen LogP contribution is 2.58. The number of para-hydroxylation sites is 2. The lowest BCUT2D eigenvalue weighted by Gasteiger charge is -2.37. The average molecular weight is 581 g/mol. The molecule has 0 unspecified atom stereocenters. The van der Waals surface area contributed by atoms with Crippen LogP contribution in [0.2, 0.25) is 0 Å². The van der Waals surface area contributed by atoms with Crippen molar-refractivity contribution in [2.75, 3.05) is 10.2 Å². The number of ketones is 2. The lowest BCUT2D eigenvalue weighted by molar-refractivity contribution is -0.121. The van der Waals surface area contributed by atoms with Gasteiger partial charge in [0.2, 0.25) is 5.91 Å². The van der Waals surface area contributed by atoms with Crippen molar-refractivity contribution in [3.63, 3.8) is 0 Å². The second kappa shape index (κ2) is 8.61. The van der Waals surface area contributed by atoms with Gasteiger partial charge >= 0.3 is 0 Å². The summed E-state index contributed by atoms with van der Waals surface area (Å²) in [6.45, 7) is 0. The topological polar surface area (TPSA) is 66.5 Å². The van der Waals surface area contributed by atoms with E-state index >= 15 is 0 Å². The first-order valence-electron chi connectivity index (χ1n) is 12.4. The van der Waals surface area contributed by atoms with Crippen molar-refractivity contribution in [2.45, 2.75) is 17.5 Å². The number of rotatable bonds is 4. The van der Waals surface area contributed by atoms with E-state index in [-0.39, 0.29) is 17.5 Å². The highest BCUT2D eigenvalue weighted by Gasteiger charge is 2.70. The molecule has 7 rings (SSSR count). The number of anilines is 2. The molecule has 4 heterocycles. The molecule has 4 atom stereocenters. The molecule has 1 spiro atoms. The third-order valence-corrected chi connectivity index (χ3v) is 9.40. The van der Waals surface area contributed by atoms with Crippen LogP contribution in [0.25, 0.3) is 6.08 Å². The first-order valence-corrected chi connectivity index (χ1v) is 14.0. The number of hydrogen-bond acceptors (Lipinski definition) is 5.